The zero-order valence-electron chi connectivity index (χ0n) is 11.4. The Morgan fingerprint density at radius 2 is 2.15 bits per heavy atom. The number of morpholine rings is 1. The van der Waals surface area contributed by atoms with Crippen LogP contribution >= 0.6 is 15.9 Å². The molecule has 0 atom stereocenters. The van der Waals surface area contributed by atoms with Crippen molar-refractivity contribution in [2.45, 2.75) is 6.54 Å². The Morgan fingerprint density at radius 1 is 1.45 bits per heavy atom. The zero-order valence-corrected chi connectivity index (χ0v) is 13.0. The molecule has 1 saturated heterocycles. The molecular weight excluding hydrogens is 327 g/mol. The summed E-state index contributed by atoms with van der Waals surface area (Å²) >= 11 is 3.23. The summed E-state index contributed by atoms with van der Waals surface area (Å²) in [7, 11) is 1.82. The molecule has 4 nitrogen and oxygen atoms in total. The van der Waals surface area contributed by atoms with E-state index >= 15 is 0 Å². The first-order chi connectivity index (χ1) is 9.56. The second kappa shape index (κ2) is 7.15. The predicted molar refractivity (Wildman–Crippen MR) is 77.8 cm³/mol. The van der Waals surface area contributed by atoms with Crippen LogP contribution in [0, 0.1) is 5.82 Å². The summed E-state index contributed by atoms with van der Waals surface area (Å²) in [6, 6.07) is 4.97. The predicted octanol–water partition coefficient (Wildman–Crippen LogP) is 1.88. The summed E-state index contributed by atoms with van der Waals surface area (Å²) in [4.78, 5) is 15.7. The number of rotatable bonds is 4. The van der Waals surface area contributed by atoms with E-state index in [1.807, 2.05) is 11.9 Å². The summed E-state index contributed by atoms with van der Waals surface area (Å²) in [5, 5.41) is 0. The molecule has 0 bridgehead atoms. The first kappa shape index (κ1) is 15.4. The smallest absolute Gasteiger partial charge is 0.236 e. The molecule has 0 spiro atoms. The first-order valence-electron chi connectivity index (χ1n) is 6.54. The Morgan fingerprint density at radius 3 is 2.80 bits per heavy atom. The number of halogens is 2. The van der Waals surface area contributed by atoms with Crippen LogP contribution in [0.15, 0.2) is 22.7 Å². The van der Waals surface area contributed by atoms with Crippen LogP contribution in [0.1, 0.15) is 5.56 Å². The third-order valence-electron chi connectivity index (χ3n) is 3.22. The van der Waals surface area contributed by atoms with Crippen molar-refractivity contribution in [3.63, 3.8) is 0 Å². The molecule has 1 fully saturated rings. The molecule has 1 amide bonds. The molecule has 6 heteroatoms. The van der Waals surface area contributed by atoms with Gasteiger partial charge in [0.05, 0.1) is 19.8 Å². The zero-order chi connectivity index (χ0) is 14.5. The molecule has 1 aromatic carbocycles. The highest BCUT2D eigenvalue weighted by atomic mass is 79.9. The van der Waals surface area contributed by atoms with E-state index in [9.17, 15) is 9.18 Å². The van der Waals surface area contributed by atoms with Crippen LogP contribution < -0.4 is 0 Å². The fourth-order valence-electron chi connectivity index (χ4n) is 2.14. The van der Waals surface area contributed by atoms with Crippen LogP contribution in [0.2, 0.25) is 0 Å². The third kappa shape index (κ3) is 4.26. The molecule has 1 aromatic rings. The number of carbonyl (C=O) groups excluding carboxylic acids is 1. The average Bonchev–Trinajstić information content (AvgIpc) is 2.43. The van der Waals surface area contributed by atoms with E-state index in [2.05, 4.69) is 15.9 Å². The van der Waals surface area contributed by atoms with Gasteiger partial charge in [-0.15, -0.1) is 0 Å². The van der Waals surface area contributed by atoms with E-state index in [1.165, 1.54) is 6.07 Å². The number of amides is 1. The van der Waals surface area contributed by atoms with Gasteiger partial charge in [0, 0.05) is 29.7 Å². The molecule has 1 heterocycles. The van der Waals surface area contributed by atoms with Crippen molar-refractivity contribution < 1.29 is 13.9 Å². The highest BCUT2D eigenvalue weighted by molar-refractivity contribution is 9.10. The van der Waals surface area contributed by atoms with Gasteiger partial charge in [-0.1, -0.05) is 22.0 Å². The number of nitrogens with zero attached hydrogens (tertiary/aromatic N) is 2. The lowest BCUT2D eigenvalue weighted by Crippen LogP contribution is -2.44. The Kier molecular flexibility index (Phi) is 5.51. The van der Waals surface area contributed by atoms with Crippen molar-refractivity contribution in [1.29, 1.82) is 0 Å². The molecule has 0 aliphatic carbocycles. The minimum absolute atomic E-state index is 0.0633. The summed E-state index contributed by atoms with van der Waals surface area (Å²) < 4.78 is 19.7. The van der Waals surface area contributed by atoms with Gasteiger partial charge in [0.25, 0.3) is 0 Å². The fourth-order valence-corrected chi connectivity index (χ4v) is 2.47. The second-order valence-electron chi connectivity index (χ2n) is 4.90. The van der Waals surface area contributed by atoms with Crippen molar-refractivity contribution in [2.75, 3.05) is 39.9 Å². The lowest BCUT2D eigenvalue weighted by Gasteiger charge is -2.28. The molecule has 0 unspecified atom stereocenters. The third-order valence-corrected chi connectivity index (χ3v) is 3.72. The second-order valence-corrected chi connectivity index (χ2v) is 5.82. The molecule has 1 aliphatic heterocycles. The Balaban J connectivity index is 1.88. The Hall–Kier alpha value is -0.980. The maximum absolute atomic E-state index is 13.7. The van der Waals surface area contributed by atoms with E-state index in [4.69, 9.17) is 4.74 Å². The van der Waals surface area contributed by atoms with Gasteiger partial charge < -0.3 is 9.64 Å². The molecule has 1 aliphatic rings. The van der Waals surface area contributed by atoms with Crippen LogP contribution in [0.25, 0.3) is 0 Å². The first-order valence-corrected chi connectivity index (χ1v) is 7.33. The summed E-state index contributed by atoms with van der Waals surface area (Å²) in [6.45, 7) is 3.16. The monoisotopic (exact) mass is 344 g/mol. The van der Waals surface area contributed by atoms with Gasteiger partial charge in [0.2, 0.25) is 5.91 Å². The number of hydrogen-bond donors (Lipinski definition) is 0. The highest BCUT2D eigenvalue weighted by Gasteiger charge is 2.18. The van der Waals surface area contributed by atoms with E-state index < -0.39 is 0 Å². The number of carbonyl (C=O) groups is 1. The molecule has 0 saturated carbocycles. The van der Waals surface area contributed by atoms with Crippen LogP contribution in [-0.4, -0.2) is 55.6 Å². The molecule has 0 aromatic heterocycles. The minimum Gasteiger partial charge on any atom is -0.378 e. The van der Waals surface area contributed by atoms with Crippen molar-refractivity contribution in [3.8, 4) is 0 Å². The van der Waals surface area contributed by atoms with Gasteiger partial charge in [-0.25, -0.2) is 4.39 Å². The van der Waals surface area contributed by atoms with Crippen molar-refractivity contribution in [2.24, 2.45) is 0 Å². The number of hydrogen-bond acceptors (Lipinski definition) is 3. The van der Waals surface area contributed by atoms with Crippen LogP contribution in [0.5, 0.6) is 0 Å². The quantitative estimate of drug-likeness (QED) is 0.836. The minimum atomic E-state index is -0.259. The summed E-state index contributed by atoms with van der Waals surface area (Å²) in [5.74, 6) is -0.196. The number of benzene rings is 1. The number of likely N-dealkylation sites (N-methyl/N-ethyl adjacent to an activating group) is 1. The van der Waals surface area contributed by atoms with Crippen molar-refractivity contribution >= 4 is 21.8 Å². The van der Waals surface area contributed by atoms with E-state index in [-0.39, 0.29) is 18.3 Å². The Labute approximate surface area is 126 Å². The van der Waals surface area contributed by atoms with Gasteiger partial charge >= 0.3 is 0 Å². The summed E-state index contributed by atoms with van der Waals surface area (Å²) in [6.07, 6.45) is 0. The molecule has 2 rings (SSSR count). The lowest BCUT2D eigenvalue weighted by atomic mass is 10.2. The van der Waals surface area contributed by atoms with Crippen LogP contribution in [0.3, 0.4) is 0 Å². The SMILES string of the molecule is CN(CC(=O)N1CCOCC1)Cc1ccc(Br)cc1F. The maximum atomic E-state index is 13.7. The molecule has 0 radical (unpaired) electrons. The van der Waals surface area contributed by atoms with Gasteiger partial charge in [0.1, 0.15) is 5.82 Å². The van der Waals surface area contributed by atoms with Crippen LogP contribution in [-0.2, 0) is 16.1 Å². The van der Waals surface area contributed by atoms with E-state index in [0.717, 1.165) is 0 Å². The van der Waals surface area contributed by atoms with E-state index in [0.29, 0.717) is 42.9 Å². The van der Waals surface area contributed by atoms with Crippen molar-refractivity contribution in [1.82, 2.24) is 9.80 Å². The molecule has 0 N–H and O–H groups in total. The average molecular weight is 345 g/mol. The largest absolute Gasteiger partial charge is 0.378 e. The topological polar surface area (TPSA) is 32.8 Å². The number of ether oxygens (including phenoxy) is 1. The fraction of sp³-hybridized carbons (Fsp3) is 0.500. The maximum Gasteiger partial charge on any atom is 0.236 e. The normalized spacial score (nSPS) is 15.7. The van der Waals surface area contributed by atoms with E-state index in [1.54, 1.807) is 17.0 Å². The summed E-state index contributed by atoms with van der Waals surface area (Å²) in [5.41, 5.74) is 0.588. The van der Waals surface area contributed by atoms with Gasteiger partial charge in [-0.05, 0) is 19.2 Å². The lowest BCUT2D eigenvalue weighted by molar-refractivity contribution is -0.136. The van der Waals surface area contributed by atoms with Gasteiger partial charge in [0.15, 0.2) is 0 Å². The van der Waals surface area contributed by atoms with Gasteiger partial charge in [-0.3, -0.25) is 9.69 Å². The standard InChI is InChI=1S/C14H18BrFN2O2/c1-17(9-11-2-3-12(15)8-13(11)16)10-14(19)18-4-6-20-7-5-18/h2-3,8H,4-7,9-10H2,1H3. The van der Waals surface area contributed by atoms with Crippen molar-refractivity contribution in [3.05, 3.63) is 34.1 Å². The molecular formula is C14H18BrFN2O2. The van der Waals surface area contributed by atoms with Crippen LogP contribution in [0.4, 0.5) is 4.39 Å². The Bertz CT molecular complexity index is 478. The molecule has 110 valence electrons. The highest BCUT2D eigenvalue weighted by Crippen LogP contribution is 2.16. The van der Waals surface area contributed by atoms with Gasteiger partial charge in [-0.2, -0.15) is 0 Å². The molecule has 20 heavy (non-hydrogen) atoms.